The van der Waals surface area contributed by atoms with E-state index >= 15 is 0 Å². The quantitative estimate of drug-likeness (QED) is 0.520. The van der Waals surface area contributed by atoms with Gasteiger partial charge in [-0.2, -0.15) is 0 Å². The van der Waals surface area contributed by atoms with E-state index in [4.69, 9.17) is 0 Å². The Morgan fingerprint density at radius 2 is 1.88 bits per heavy atom. The molecule has 7 nitrogen and oxygen atoms in total. The van der Waals surface area contributed by atoms with Crippen molar-refractivity contribution < 1.29 is 19.6 Å². The van der Waals surface area contributed by atoms with E-state index in [1.807, 2.05) is 0 Å². The molecule has 0 aromatic heterocycles. The topological polar surface area (TPSA) is 101 Å². The average Bonchev–Trinajstić information content (AvgIpc) is 2.96. The van der Waals surface area contributed by atoms with Gasteiger partial charge in [0.25, 0.3) is 5.69 Å². The number of thioether (sulfide) groups is 1. The van der Waals surface area contributed by atoms with Crippen LogP contribution >= 0.6 is 11.8 Å². The van der Waals surface area contributed by atoms with Crippen LogP contribution in [0.2, 0.25) is 0 Å². The summed E-state index contributed by atoms with van der Waals surface area (Å²) in [5, 5.41) is 19.8. The van der Waals surface area contributed by atoms with Gasteiger partial charge in [-0.3, -0.25) is 24.6 Å². The van der Waals surface area contributed by atoms with Crippen LogP contribution < -0.4 is 4.90 Å². The number of rotatable bonds is 4. The van der Waals surface area contributed by atoms with Gasteiger partial charge in [-0.25, -0.2) is 0 Å². The highest BCUT2D eigenvalue weighted by atomic mass is 32.2. The Labute approximate surface area is 141 Å². The normalized spacial score (nSPS) is 17.1. The SMILES string of the molecule is O=C(c1ccccc1O)C1SCC(=O)N1c1ccc([N+](=O)[O-])cc1. The second-order valence-electron chi connectivity index (χ2n) is 5.08. The number of ketones is 1. The van der Waals surface area contributed by atoms with Gasteiger partial charge in [0.15, 0.2) is 5.78 Å². The zero-order chi connectivity index (χ0) is 17.3. The molecule has 24 heavy (non-hydrogen) atoms. The van der Waals surface area contributed by atoms with E-state index in [-0.39, 0.29) is 34.4 Å². The minimum atomic E-state index is -0.813. The van der Waals surface area contributed by atoms with Gasteiger partial charge < -0.3 is 5.11 Å². The first-order valence-electron chi connectivity index (χ1n) is 6.99. The van der Waals surface area contributed by atoms with Crippen molar-refractivity contribution in [3.05, 3.63) is 64.2 Å². The van der Waals surface area contributed by atoms with Crippen LogP contribution in [0, 0.1) is 10.1 Å². The summed E-state index contributed by atoms with van der Waals surface area (Å²) in [5.74, 6) is -0.669. The van der Waals surface area contributed by atoms with E-state index in [0.717, 1.165) is 11.8 Å². The zero-order valence-electron chi connectivity index (χ0n) is 12.3. The van der Waals surface area contributed by atoms with Crippen molar-refractivity contribution in [3.8, 4) is 5.75 Å². The Balaban J connectivity index is 1.93. The number of Topliss-reactive ketones (excluding diaryl/α,β-unsaturated/α-hetero) is 1. The third kappa shape index (κ3) is 2.83. The van der Waals surface area contributed by atoms with Crippen molar-refractivity contribution in [2.75, 3.05) is 10.7 Å². The number of benzene rings is 2. The number of amides is 1. The largest absolute Gasteiger partial charge is 0.507 e. The van der Waals surface area contributed by atoms with Crippen LogP contribution in [-0.4, -0.2) is 32.8 Å². The monoisotopic (exact) mass is 344 g/mol. The number of phenolic OH excluding ortho intramolecular Hbond substituents is 1. The van der Waals surface area contributed by atoms with Gasteiger partial charge in [0.1, 0.15) is 11.1 Å². The van der Waals surface area contributed by atoms with Gasteiger partial charge in [0.05, 0.1) is 16.2 Å². The molecule has 2 aromatic rings. The van der Waals surface area contributed by atoms with Crippen LogP contribution in [0.5, 0.6) is 5.75 Å². The molecule has 0 radical (unpaired) electrons. The van der Waals surface area contributed by atoms with Crippen molar-refractivity contribution in [1.29, 1.82) is 0 Å². The maximum absolute atomic E-state index is 12.7. The molecule has 1 N–H and O–H groups in total. The number of nitro benzene ring substituents is 1. The smallest absolute Gasteiger partial charge is 0.269 e. The summed E-state index contributed by atoms with van der Waals surface area (Å²) in [6.07, 6.45) is 0. The molecule has 0 saturated carbocycles. The number of aromatic hydroxyl groups is 1. The Morgan fingerprint density at radius 3 is 2.50 bits per heavy atom. The molecule has 1 fully saturated rings. The van der Waals surface area contributed by atoms with Gasteiger partial charge in [0.2, 0.25) is 5.91 Å². The Kier molecular flexibility index (Phi) is 4.22. The van der Waals surface area contributed by atoms with E-state index in [9.17, 15) is 24.8 Å². The minimum Gasteiger partial charge on any atom is -0.507 e. The lowest BCUT2D eigenvalue weighted by Gasteiger charge is -2.23. The first kappa shape index (κ1) is 16.0. The van der Waals surface area contributed by atoms with Crippen LogP contribution in [0.25, 0.3) is 0 Å². The fourth-order valence-electron chi connectivity index (χ4n) is 2.45. The van der Waals surface area contributed by atoms with Gasteiger partial charge in [0, 0.05) is 17.8 Å². The fourth-order valence-corrected chi connectivity index (χ4v) is 3.55. The number of hydrogen-bond donors (Lipinski definition) is 1. The molecule has 1 aliphatic heterocycles. The first-order chi connectivity index (χ1) is 11.5. The molecule has 1 saturated heterocycles. The molecule has 1 unspecified atom stereocenters. The molecular formula is C16H12N2O5S. The number of carbonyl (C=O) groups excluding carboxylic acids is 2. The summed E-state index contributed by atoms with van der Waals surface area (Å²) in [6, 6.07) is 11.6. The lowest BCUT2D eigenvalue weighted by Crippen LogP contribution is -2.37. The highest BCUT2D eigenvalue weighted by Crippen LogP contribution is 2.34. The van der Waals surface area contributed by atoms with Gasteiger partial charge in [-0.15, -0.1) is 11.8 Å². The van der Waals surface area contributed by atoms with Crippen molar-refractivity contribution in [3.63, 3.8) is 0 Å². The molecule has 3 rings (SSSR count). The summed E-state index contributed by atoms with van der Waals surface area (Å²) >= 11 is 1.16. The predicted octanol–water partition coefficient (Wildman–Crippen LogP) is 2.59. The molecular weight excluding hydrogens is 332 g/mol. The van der Waals surface area contributed by atoms with Crippen LogP contribution in [0.1, 0.15) is 10.4 Å². The third-order valence-corrected chi connectivity index (χ3v) is 4.75. The van der Waals surface area contributed by atoms with Crippen molar-refractivity contribution >= 4 is 34.8 Å². The Bertz CT molecular complexity index is 821. The lowest BCUT2D eigenvalue weighted by molar-refractivity contribution is -0.384. The maximum Gasteiger partial charge on any atom is 0.269 e. The zero-order valence-corrected chi connectivity index (χ0v) is 13.1. The summed E-state index contributed by atoms with van der Waals surface area (Å²) in [4.78, 5) is 36.4. The summed E-state index contributed by atoms with van der Waals surface area (Å²) in [5.41, 5.74) is 0.447. The van der Waals surface area contributed by atoms with E-state index in [1.54, 1.807) is 12.1 Å². The Morgan fingerprint density at radius 1 is 1.21 bits per heavy atom. The lowest BCUT2D eigenvalue weighted by atomic mass is 10.1. The highest BCUT2D eigenvalue weighted by Gasteiger charge is 2.39. The summed E-state index contributed by atoms with van der Waals surface area (Å²) < 4.78 is 0. The number of carbonyl (C=O) groups is 2. The molecule has 0 aliphatic carbocycles. The molecule has 8 heteroatoms. The molecule has 1 aliphatic rings. The van der Waals surface area contributed by atoms with E-state index in [1.165, 1.54) is 41.3 Å². The van der Waals surface area contributed by atoms with Crippen molar-refractivity contribution in [2.45, 2.75) is 5.37 Å². The highest BCUT2D eigenvalue weighted by molar-refractivity contribution is 8.02. The standard InChI is InChI=1S/C16H12N2O5S/c19-13-4-2-1-3-12(13)15(21)16-17(14(20)9-24-16)10-5-7-11(8-6-10)18(22)23/h1-8,16,19H,9H2. The van der Waals surface area contributed by atoms with Gasteiger partial charge in [-0.05, 0) is 24.3 Å². The van der Waals surface area contributed by atoms with E-state index in [2.05, 4.69) is 0 Å². The second-order valence-corrected chi connectivity index (χ2v) is 6.15. The molecule has 122 valence electrons. The van der Waals surface area contributed by atoms with E-state index in [0.29, 0.717) is 5.69 Å². The summed E-state index contributed by atoms with van der Waals surface area (Å²) in [6.45, 7) is 0. The van der Waals surface area contributed by atoms with Crippen LogP contribution in [0.3, 0.4) is 0 Å². The number of nitro groups is 1. The first-order valence-corrected chi connectivity index (χ1v) is 8.04. The van der Waals surface area contributed by atoms with Crippen LogP contribution in [0.15, 0.2) is 48.5 Å². The van der Waals surface area contributed by atoms with Gasteiger partial charge in [-0.1, -0.05) is 12.1 Å². The predicted molar refractivity (Wildman–Crippen MR) is 89.3 cm³/mol. The van der Waals surface area contributed by atoms with Crippen LogP contribution in [0.4, 0.5) is 11.4 Å². The Hall–Kier alpha value is -2.87. The number of hydrogen-bond acceptors (Lipinski definition) is 6. The second kappa shape index (κ2) is 6.32. The van der Waals surface area contributed by atoms with Crippen molar-refractivity contribution in [2.24, 2.45) is 0 Å². The van der Waals surface area contributed by atoms with Crippen LogP contribution in [-0.2, 0) is 4.79 Å². The van der Waals surface area contributed by atoms with E-state index < -0.39 is 10.3 Å². The average molecular weight is 344 g/mol. The molecule has 1 atom stereocenters. The maximum atomic E-state index is 12.7. The van der Waals surface area contributed by atoms with Crippen molar-refractivity contribution in [1.82, 2.24) is 0 Å². The number of anilines is 1. The summed E-state index contributed by atoms with van der Waals surface area (Å²) in [7, 11) is 0. The third-order valence-electron chi connectivity index (χ3n) is 3.60. The number of para-hydroxylation sites is 1. The van der Waals surface area contributed by atoms with Gasteiger partial charge >= 0.3 is 0 Å². The minimum absolute atomic E-state index is 0.0957. The molecule has 0 bridgehead atoms. The molecule has 0 spiro atoms. The molecule has 2 aromatic carbocycles. The number of nitrogens with zero attached hydrogens (tertiary/aromatic N) is 2. The molecule has 1 heterocycles. The molecule has 1 amide bonds. The number of non-ortho nitro benzene ring substituents is 1. The fraction of sp³-hybridized carbons (Fsp3) is 0.125. The number of phenols is 1.